The number of ether oxygens (including phenoxy) is 1. The number of aromatic nitrogens is 3. The van der Waals surface area contributed by atoms with E-state index in [0.717, 1.165) is 39.2 Å². The highest BCUT2D eigenvalue weighted by Crippen LogP contribution is 2.36. The fourth-order valence-corrected chi connectivity index (χ4v) is 4.58. The van der Waals surface area contributed by atoms with Crippen LogP contribution in [0.25, 0.3) is 39.0 Å². The number of hydrogen-bond acceptors (Lipinski definition) is 2. The summed E-state index contributed by atoms with van der Waals surface area (Å²) in [6, 6.07) is 17.1. The number of nitrogens with zero attached hydrogens (tertiary/aromatic N) is 3. The first-order chi connectivity index (χ1) is 13.5. The van der Waals surface area contributed by atoms with Crippen LogP contribution in [-0.4, -0.2) is 21.1 Å². The number of rotatable bonds is 2. The van der Waals surface area contributed by atoms with Gasteiger partial charge in [0.05, 0.1) is 29.2 Å². The molecular formula is C24H23N3O. The molecule has 0 aliphatic heterocycles. The van der Waals surface area contributed by atoms with E-state index >= 15 is 0 Å². The Hall–Kier alpha value is -3.27. The zero-order valence-corrected chi connectivity index (χ0v) is 16.9. The Morgan fingerprint density at radius 2 is 1.57 bits per heavy atom. The van der Waals surface area contributed by atoms with E-state index < -0.39 is 0 Å². The minimum absolute atomic E-state index is 0.900. The molecule has 4 heteroatoms. The molecule has 3 aromatic carbocycles. The zero-order valence-electron chi connectivity index (χ0n) is 16.9. The highest BCUT2D eigenvalue weighted by atomic mass is 16.5. The quantitative estimate of drug-likeness (QED) is 0.407. The molecule has 0 amide bonds. The SMILES string of the molecule is COc1ccc2c(c1C)n(C)c1nc3c(-c4c(C)cccc4C)cccc3n21. The smallest absolute Gasteiger partial charge is 0.215 e. The van der Waals surface area contributed by atoms with Crippen molar-refractivity contribution in [2.24, 2.45) is 7.05 Å². The Morgan fingerprint density at radius 3 is 2.29 bits per heavy atom. The molecule has 0 aliphatic carbocycles. The van der Waals surface area contributed by atoms with Gasteiger partial charge in [-0.3, -0.25) is 4.40 Å². The van der Waals surface area contributed by atoms with Crippen molar-refractivity contribution >= 4 is 27.8 Å². The van der Waals surface area contributed by atoms with Crippen molar-refractivity contribution in [1.29, 1.82) is 0 Å². The molecular weight excluding hydrogens is 346 g/mol. The van der Waals surface area contributed by atoms with Crippen molar-refractivity contribution < 1.29 is 4.74 Å². The summed E-state index contributed by atoms with van der Waals surface area (Å²) in [5.41, 5.74) is 10.6. The van der Waals surface area contributed by atoms with E-state index in [4.69, 9.17) is 9.72 Å². The number of benzene rings is 3. The van der Waals surface area contributed by atoms with Crippen LogP contribution in [0.5, 0.6) is 5.75 Å². The van der Waals surface area contributed by atoms with E-state index in [1.165, 1.54) is 22.3 Å². The molecule has 0 unspecified atom stereocenters. The largest absolute Gasteiger partial charge is 0.496 e. The minimum Gasteiger partial charge on any atom is -0.496 e. The fourth-order valence-electron chi connectivity index (χ4n) is 4.58. The highest BCUT2D eigenvalue weighted by Gasteiger charge is 2.19. The van der Waals surface area contributed by atoms with E-state index in [9.17, 15) is 0 Å². The Bertz CT molecular complexity index is 1370. The van der Waals surface area contributed by atoms with Gasteiger partial charge in [0.2, 0.25) is 5.78 Å². The Morgan fingerprint density at radius 1 is 0.857 bits per heavy atom. The van der Waals surface area contributed by atoms with E-state index in [1.807, 2.05) is 6.07 Å². The summed E-state index contributed by atoms with van der Waals surface area (Å²) in [5, 5.41) is 0. The fraction of sp³-hybridized carbons (Fsp3) is 0.208. The summed E-state index contributed by atoms with van der Waals surface area (Å²) in [6.07, 6.45) is 0. The van der Waals surface area contributed by atoms with Crippen LogP contribution in [0.15, 0.2) is 48.5 Å². The molecule has 0 atom stereocenters. The van der Waals surface area contributed by atoms with Gasteiger partial charge >= 0.3 is 0 Å². The molecule has 0 spiro atoms. The Kier molecular flexibility index (Phi) is 3.53. The second-order valence-corrected chi connectivity index (χ2v) is 7.51. The van der Waals surface area contributed by atoms with Crippen LogP contribution in [0.3, 0.4) is 0 Å². The van der Waals surface area contributed by atoms with Gasteiger partial charge in [0.25, 0.3) is 0 Å². The van der Waals surface area contributed by atoms with Crippen LogP contribution in [-0.2, 0) is 7.05 Å². The van der Waals surface area contributed by atoms with E-state index in [-0.39, 0.29) is 0 Å². The normalized spacial score (nSPS) is 11.8. The van der Waals surface area contributed by atoms with Crippen LogP contribution in [0.1, 0.15) is 16.7 Å². The van der Waals surface area contributed by atoms with Crippen LogP contribution >= 0.6 is 0 Å². The predicted molar refractivity (Wildman–Crippen MR) is 115 cm³/mol. The van der Waals surface area contributed by atoms with Gasteiger partial charge in [-0.25, -0.2) is 4.98 Å². The molecule has 2 heterocycles. The summed E-state index contributed by atoms with van der Waals surface area (Å²) in [4.78, 5) is 5.09. The predicted octanol–water partition coefficient (Wildman–Crippen LogP) is 5.58. The number of imidazole rings is 2. The van der Waals surface area contributed by atoms with Gasteiger partial charge in [0, 0.05) is 18.2 Å². The molecule has 0 saturated carbocycles. The lowest BCUT2D eigenvalue weighted by Gasteiger charge is -2.11. The zero-order chi connectivity index (χ0) is 19.6. The third-order valence-corrected chi connectivity index (χ3v) is 5.87. The average Bonchev–Trinajstić information content (AvgIpc) is 3.19. The van der Waals surface area contributed by atoms with Gasteiger partial charge in [0.15, 0.2) is 0 Å². The van der Waals surface area contributed by atoms with Crippen LogP contribution in [0.4, 0.5) is 0 Å². The summed E-state index contributed by atoms with van der Waals surface area (Å²) in [6.45, 7) is 6.44. The third kappa shape index (κ3) is 2.09. The van der Waals surface area contributed by atoms with Gasteiger partial charge in [-0.2, -0.15) is 0 Å². The number of aryl methyl sites for hydroxylation is 4. The second kappa shape index (κ2) is 5.86. The first kappa shape index (κ1) is 16.9. The average molecular weight is 369 g/mol. The molecule has 0 aliphatic rings. The number of methoxy groups -OCH3 is 1. The van der Waals surface area contributed by atoms with Crippen LogP contribution < -0.4 is 4.74 Å². The first-order valence-corrected chi connectivity index (χ1v) is 9.52. The number of fused-ring (bicyclic) bond motifs is 5. The maximum absolute atomic E-state index is 5.53. The second-order valence-electron chi connectivity index (χ2n) is 7.51. The third-order valence-electron chi connectivity index (χ3n) is 5.87. The molecule has 140 valence electrons. The number of para-hydroxylation sites is 1. The highest BCUT2D eigenvalue weighted by molar-refractivity contribution is 5.99. The molecule has 0 bridgehead atoms. The van der Waals surface area contributed by atoms with Crippen molar-refractivity contribution in [2.45, 2.75) is 20.8 Å². The van der Waals surface area contributed by atoms with Gasteiger partial charge in [0.1, 0.15) is 5.75 Å². The van der Waals surface area contributed by atoms with Gasteiger partial charge in [-0.05, 0) is 55.7 Å². The van der Waals surface area contributed by atoms with Crippen molar-refractivity contribution in [1.82, 2.24) is 14.0 Å². The molecule has 0 fully saturated rings. The maximum atomic E-state index is 5.53. The summed E-state index contributed by atoms with van der Waals surface area (Å²) >= 11 is 0. The maximum Gasteiger partial charge on any atom is 0.215 e. The van der Waals surface area contributed by atoms with E-state index in [1.54, 1.807) is 7.11 Å². The van der Waals surface area contributed by atoms with Gasteiger partial charge < -0.3 is 9.30 Å². The summed E-state index contributed by atoms with van der Waals surface area (Å²) < 4.78 is 9.95. The monoisotopic (exact) mass is 369 g/mol. The lowest BCUT2D eigenvalue weighted by Crippen LogP contribution is -1.94. The van der Waals surface area contributed by atoms with E-state index in [2.05, 4.69) is 79.3 Å². The van der Waals surface area contributed by atoms with Gasteiger partial charge in [-0.1, -0.05) is 30.3 Å². The lowest BCUT2D eigenvalue weighted by atomic mass is 9.95. The Labute approximate surface area is 164 Å². The molecule has 0 saturated heterocycles. The van der Waals surface area contributed by atoms with Crippen LogP contribution in [0.2, 0.25) is 0 Å². The van der Waals surface area contributed by atoms with E-state index in [0.29, 0.717) is 0 Å². The molecule has 2 aromatic heterocycles. The van der Waals surface area contributed by atoms with Crippen molar-refractivity contribution in [3.05, 3.63) is 65.2 Å². The molecule has 0 radical (unpaired) electrons. The van der Waals surface area contributed by atoms with Gasteiger partial charge in [-0.15, -0.1) is 0 Å². The van der Waals surface area contributed by atoms with Crippen LogP contribution in [0, 0.1) is 20.8 Å². The first-order valence-electron chi connectivity index (χ1n) is 9.52. The standard InChI is InChI=1S/C24H23N3O/c1-14-8-6-9-15(2)21(14)17-10-7-11-18-22(17)25-24-26(4)23-16(3)20(28-5)13-12-19(23)27(18)24/h6-13H,1-5H3. The van der Waals surface area contributed by atoms with Crippen molar-refractivity contribution in [3.8, 4) is 16.9 Å². The molecule has 0 N–H and O–H groups in total. The van der Waals surface area contributed by atoms with Crippen molar-refractivity contribution in [3.63, 3.8) is 0 Å². The minimum atomic E-state index is 0.900. The Balaban J connectivity index is 1.93. The van der Waals surface area contributed by atoms with Crippen molar-refractivity contribution in [2.75, 3.05) is 7.11 Å². The molecule has 28 heavy (non-hydrogen) atoms. The molecule has 5 rings (SSSR count). The molecule has 4 nitrogen and oxygen atoms in total. The summed E-state index contributed by atoms with van der Waals surface area (Å²) in [5.74, 6) is 1.84. The number of hydrogen-bond donors (Lipinski definition) is 0. The lowest BCUT2D eigenvalue weighted by molar-refractivity contribution is 0.412. The summed E-state index contributed by atoms with van der Waals surface area (Å²) in [7, 11) is 3.79. The molecule has 5 aromatic rings. The topological polar surface area (TPSA) is 31.5 Å².